The van der Waals surface area contributed by atoms with Crippen LogP contribution < -0.4 is 4.74 Å². The maximum Gasteiger partial charge on any atom is 0.339 e. The molecule has 1 aliphatic heterocycles. The Kier molecular flexibility index (Phi) is 6.17. The minimum Gasteiger partial charge on any atom is -0.494 e. The van der Waals surface area contributed by atoms with Gasteiger partial charge in [-0.05, 0) is 43.5 Å². The lowest BCUT2D eigenvalue weighted by molar-refractivity contribution is -0.0103. The number of carbonyl (C=O) groups excluding carboxylic acids is 1. The summed E-state index contributed by atoms with van der Waals surface area (Å²) in [6.07, 6.45) is 3.08. The molecule has 0 saturated heterocycles. The zero-order chi connectivity index (χ0) is 19.4. The molecule has 0 spiro atoms. The van der Waals surface area contributed by atoms with Gasteiger partial charge >= 0.3 is 5.97 Å². The summed E-state index contributed by atoms with van der Waals surface area (Å²) in [5, 5.41) is 10.8. The molecular weight excluding hydrogens is 340 g/mol. The van der Waals surface area contributed by atoms with Crippen molar-refractivity contribution in [1.29, 1.82) is 0 Å². The van der Waals surface area contributed by atoms with Crippen LogP contribution in [-0.2, 0) is 4.74 Å². The van der Waals surface area contributed by atoms with Gasteiger partial charge in [-0.2, -0.15) is 0 Å². The van der Waals surface area contributed by atoms with Crippen molar-refractivity contribution in [2.75, 3.05) is 6.61 Å². The van der Waals surface area contributed by atoms with Crippen LogP contribution in [0.5, 0.6) is 5.75 Å². The number of hydrogen-bond donors (Lipinski definition) is 1. The molecule has 0 aromatic heterocycles. The summed E-state index contributed by atoms with van der Waals surface area (Å²) in [6.45, 7) is 6.77. The van der Waals surface area contributed by atoms with Gasteiger partial charge in [-0.1, -0.05) is 56.0 Å². The van der Waals surface area contributed by atoms with E-state index in [4.69, 9.17) is 9.47 Å². The molecule has 4 heteroatoms. The first-order valence-electron chi connectivity index (χ1n) is 9.74. The Morgan fingerprint density at radius 3 is 2.56 bits per heavy atom. The normalized spacial score (nSPS) is 16.7. The van der Waals surface area contributed by atoms with Crippen LogP contribution in [-0.4, -0.2) is 17.7 Å². The monoisotopic (exact) mass is 368 g/mol. The second-order valence-electron chi connectivity index (χ2n) is 7.29. The fourth-order valence-corrected chi connectivity index (χ4v) is 3.63. The predicted octanol–water partition coefficient (Wildman–Crippen LogP) is 5.21. The Bertz CT molecular complexity index is 795. The summed E-state index contributed by atoms with van der Waals surface area (Å²) in [5.74, 6) is 0.427. The molecular formula is C23H28O4. The summed E-state index contributed by atoms with van der Waals surface area (Å²) in [7, 11) is 0. The molecule has 144 valence electrons. The number of carbonyl (C=O) groups is 1. The number of aliphatic hydroxyl groups is 1. The highest BCUT2D eigenvalue weighted by molar-refractivity contribution is 5.95. The number of aliphatic hydroxyl groups excluding tert-OH is 1. The van der Waals surface area contributed by atoms with Crippen molar-refractivity contribution < 1.29 is 19.4 Å². The van der Waals surface area contributed by atoms with Crippen molar-refractivity contribution in [3.8, 4) is 5.75 Å². The molecule has 27 heavy (non-hydrogen) atoms. The fraction of sp³-hybridized carbons (Fsp3) is 0.435. The van der Waals surface area contributed by atoms with Crippen LogP contribution in [0.2, 0.25) is 0 Å². The van der Waals surface area contributed by atoms with Crippen molar-refractivity contribution >= 4 is 5.97 Å². The summed E-state index contributed by atoms with van der Waals surface area (Å²) >= 11 is 0. The third kappa shape index (κ3) is 4.33. The van der Waals surface area contributed by atoms with Gasteiger partial charge in [-0.3, -0.25) is 0 Å². The van der Waals surface area contributed by atoms with Crippen molar-refractivity contribution in [2.24, 2.45) is 0 Å². The minimum atomic E-state index is -0.907. The number of ether oxygens (including phenoxy) is 2. The molecule has 0 aliphatic carbocycles. The van der Waals surface area contributed by atoms with Crippen molar-refractivity contribution in [1.82, 2.24) is 0 Å². The van der Waals surface area contributed by atoms with E-state index < -0.39 is 12.2 Å². The zero-order valence-electron chi connectivity index (χ0n) is 16.3. The number of hydrogen-bond acceptors (Lipinski definition) is 4. The highest BCUT2D eigenvalue weighted by Gasteiger charge is 2.37. The van der Waals surface area contributed by atoms with Gasteiger partial charge < -0.3 is 14.6 Å². The van der Waals surface area contributed by atoms with E-state index in [1.54, 1.807) is 0 Å². The molecule has 2 atom stereocenters. The molecule has 1 N–H and O–H groups in total. The van der Waals surface area contributed by atoms with E-state index >= 15 is 0 Å². The molecule has 0 amide bonds. The molecule has 1 aliphatic rings. The van der Waals surface area contributed by atoms with Crippen molar-refractivity contribution in [3.63, 3.8) is 0 Å². The molecule has 0 bridgehead atoms. The standard InChI is InChI=1S/C23H28O4/c1-4-5-6-7-12-26-18-10-8-17(9-11-18)21(24)22-19-14-15(2)13-16(3)20(19)23(25)27-22/h8-11,13-14,21-22,24H,4-7,12H2,1-3H3. The van der Waals surface area contributed by atoms with Crippen LogP contribution in [0, 0.1) is 13.8 Å². The van der Waals surface area contributed by atoms with Gasteiger partial charge in [0.1, 0.15) is 11.9 Å². The Morgan fingerprint density at radius 2 is 1.85 bits per heavy atom. The molecule has 2 aromatic rings. The third-order valence-electron chi connectivity index (χ3n) is 5.03. The highest BCUT2D eigenvalue weighted by Crippen LogP contribution is 2.41. The first-order valence-corrected chi connectivity index (χ1v) is 9.74. The van der Waals surface area contributed by atoms with E-state index in [9.17, 15) is 9.90 Å². The number of fused-ring (bicyclic) bond motifs is 1. The SMILES string of the molecule is CCCCCCOc1ccc(C(O)C2OC(=O)c3c(C)cc(C)cc32)cc1. The molecule has 2 aromatic carbocycles. The summed E-state index contributed by atoms with van der Waals surface area (Å²) in [6, 6.07) is 11.3. The Balaban J connectivity index is 1.69. The third-order valence-corrected chi connectivity index (χ3v) is 5.03. The molecule has 4 nitrogen and oxygen atoms in total. The maximum atomic E-state index is 12.2. The number of unbranched alkanes of at least 4 members (excludes halogenated alkanes) is 3. The van der Waals surface area contributed by atoms with Crippen molar-refractivity contribution in [3.05, 3.63) is 64.2 Å². The first-order chi connectivity index (χ1) is 13.0. The fourth-order valence-electron chi connectivity index (χ4n) is 3.63. The predicted molar refractivity (Wildman–Crippen MR) is 105 cm³/mol. The molecule has 1 heterocycles. The Labute approximate surface area is 161 Å². The molecule has 2 unspecified atom stereocenters. The number of benzene rings is 2. The topological polar surface area (TPSA) is 55.8 Å². The van der Waals surface area contributed by atoms with Gasteiger partial charge in [0.2, 0.25) is 0 Å². The number of rotatable bonds is 8. The molecule has 0 saturated carbocycles. The van der Waals surface area contributed by atoms with E-state index in [-0.39, 0.29) is 5.97 Å². The lowest BCUT2D eigenvalue weighted by Gasteiger charge is -2.19. The van der Waals surface area contributed by atoms with E-state index in [0.29, 0.717) is 17.7 Å². The van der Waals surface area contributed by atoms with Crippen LogP contribution >= 0.6 is 0 Å². The van der Waals surface area contributed by atoms with Crippen molar-refractivity contribution in [2.45, 2.75) is 58.7 Å². The first kappa shape index (κ1) is 19.4. The second-order valence-corrected chi connectivity index (χ2v) is 7.29. The number of esters is 1. The summed E-state index contributed by atoms with van der Waals surface area (Å²) in [4.78, 5) is 12.2. The van der Waals surface area contributed by atoms with Gasteiger partial charge in [-0.15, -0.1) is 0 Å². The Hall–Kier alpha value is -2.33. The molecule has 0 radical (unpaired) electrons. The Morgan fingerprint density at radius 1 is 1.11 bits per heavy atom. The largest absolute Gasteiger partial charge is 0.494 e. The molecule has 3 rings (SSSR count). The molecule has 0 fully saturated rings. The van der Waals surface area contributed by atoms with Crippen LogP contribution in [0.25, 0.3) is 0 Å². The summed E-state index contributed by atoms with van der Waals surface area (Å²) in [5.41, 5.74) is 3.99. The summed E-state index contributed by atoms with van der Waals surface area (Å²) < 4.78 is 11.2. The van der Waals surface area contributed by atoms with Gasteiger partial charge in [0.25, 0.3) is 0 Å². The van der Waals surface area contributed by atoms with E-state index in [1.165, 1.54) is 19.3 Å². The van der Waals surface area contributed by atoms with Crippen LogP contribution in [0.4, 0.5) is 0 Å². The lowest BCUT2D eigenvalue weighted by Crippen LogP contribution is -2.11. The second kappa shape index (κ2) is 8.57. The average Bonchev–Trinajstić information content (AvgIpc) is 2.98. The van der Waals surface area contributed by atoms with E-state index in [1.807, 2.05) is 50.2 Å². The minimum absolute atomic E-state index is 0.362. The number of aryl methyl sites for hydroxylation is 2. The van der Waals surface area contributed by atoms with Crippen LogP contribution in [0.1, 0.15) is 77.4 Å². The zero-order valence-corrected chi connectivity index (χ0v) is 16.3. The van der Waals surface area contributed by atoms with Gasteiger partial charge in [0.15, 0.2) is 6.10 Å². The van der Waals surface area contributed by atoms with Gasteiger partial charge in [0, 0.05) is 5.56 Å². The lowest BCUT2D eigenvalue weighted by atomic mass is 9.93. The highest BCUT2D eigenvalue weighted by atomic mass is 16.6. The maximum absolute atomic E-state index is 12.2. The smallest absolute Gasteiger partial charge is 0.339 e. The van der Waals surface area contributed by atoms with E-state index in [0.717, 1.165) is 28.9 Å². The average molecular weight is 368 g/mol. The quantitative estimate of drug-likeness (QED) is 0.513. The van der Waals surface area contributed by atoms with Gasteiger partial charge in [-0.25, -0.2) is 4.79 Å². The van der Waals surface area contributed by atoms with Gasteiger partial charge in [0.05, 0.1) is 12.2 Å². The van der Waals surface area contributed by atoms with Crippen LogP contribution in [0.3, 0.4) is 0 Å². The van der Waals surface area contributed by atoms with Crippen LogP contribution in [0.15, 0.2) is 36.4 Å². The van der Waals surface area contributed by atoms with E-state index in [2.05, 4.69) is 6.92 Å². The number of cyclic esters (lactones) is 1.